The molecule has 0 aliphatic carbocycles. The zero-order chi connectivity index (χ0) is 17.9. The first-order valence-electron chi connectivity index (χ1n) is 7.61. The lowest BCUT2D eigenvalue weighted by Gasteiger charge is -2.20. The molecule has 0 heterocycles. The molecule has 0 spiro atoms. The molecule has 1 N–H and O–H groups in total. The first kappa shape index (κ1) is 18.2. The monoisotopic (exact) mass is 346 g/mol. The van der Waals surface area contributed by atoms with Crippen molar-refractivity contribution in [2.45, 2.75) is 25.7 Å². The summed E-state index contributed by atoms with van der Waals surface area (Å²) in [6, 6.07) is 12.6. The van der Waals surface area contributed by atoms with Crippen molar-refractivity contribution in [2.24, 2.45) is 0 Å². The molecule has 0 radical (unpaired) electrons. The molecule has 0 aliphatic rings. The van der Waals surface area contributed by atoms with Gasteiger partial charge in [-0.25, -0.2) is 8.42 Å². The maximum Gasteiger partial charge on any atom is 0.243 e. The van der Waals surface area contributed by atoms with Gasteiger partial charge in [0.05, 0.1) is 11.4 Å². The lowest BCUT2D eigenvalue weighted by molar-refractivity contribution is -0.116. The van der Waals surface area contributed by atoms with E-state index in [1.807, 2.05) is 25.1 Å². The summed E-state index contributed by atoms with van der Waals surface area (Å²) in [5, 5.41) is 2.69. The molecule has 2 aromatic carbocycles. The zero-order valence-electron chi connectivity index (χ0n) is 14.3. The minimum absolute atomic E-state index is 0.246. The lowest BCUT2D eigenvalue weighted by Crippen LogP contribution is -2.35. The first-order valence-corrected chi connectivity index (χ1v) is 9.05. The number of sulfonamides is 1. The number of para-hydroxylation sites is 1. The van der Waals surface area contributed by atoms with Crippen LogP contribution in [0.15, 0.2) is 47.4 Å². The fraction of sp³-hybridized carbons (Fsp3) is 0.278. The topological polar surface area (TPSA) is 66.5 Å². The molecule has 0 aromatic heterocycles. The van der Waals surface area contributed by atoms with Crippen molar-refractivity contribution in [3.63, 3.8) is 0 Å². The Morgan fingerprint density at radius 2 is 1.58 bits per heavy atom. The largest absolute Gasteiger partial charge is 0.325 e. The van der Waals surface area contributed by atoms with Crippen molar-refractivity contribution >= 4 is 21.6 Å². The number of benzene rings is 2. The molecule has 0 saturated carbocycles. The summed E-state index contributed by atoms with van der Waals surface area (Å²) in [7, 11) is -2.32. The van der Waals surface area contributed by atoms with E-state index < -0.39 is 10.0 Å². The molecule has 0 saturated heterocycles. The van der Waals surface area contributed by atoms with Crippen molar-refractivity contribution in [2.75, 3.05) is 18.9 Å². The van der Waals surface area contributed by atoms with Crippen LogP contribution in [-0.2, 0) is 14.8 Å². The summed E-state index contributed by atoms with van der Waals surface area (Å²) in [5.41, 5.74) is 3.01. The van der Waals surface area contributed by atoms with Crippen LogP contribution in [0.4, 0.5) is 5.69 Å². The fourth-order valence-corrected chi connectivity index (χ4v) is 4.27. The molecule has 1 amide bonds. The van der Waals surface area contributed by atoms with E-state index in [4.69, 9.17) is 0 Å². The Bertz CT molecular complexity index is 823. The maximum atomic E-state index is 12.8. The summed E-state index contributed by atoms with van der Waals surface area (Å²) < 4.78 is 26.7. The van der Waals surface area contributed by atoms with Gasteiger partial charge in [0.2, 0.25) is 15.9 Å². The number of hydrogen-bond acceptors (Lipinski definition) is 3. The Balaban J connectivity index is 2.19. The van der Waals surface area contributed by atoms with E-state index in [1.165, 1.54) is 7.05 Å². The number of carbonyl (C=O) groups is 1. The molecule has 0 aliphatic heterocycles. The number of nitrogens with zero attached hydrogens (tertiary/aromatic N) is 1. The number of amides is 1. The Labute approximate surface area is 143 Å². The van der Waals surface area contributed by atoms with Crippen LogP contribution in [0.1, 0.15) is 16.7 Å². The van der Waals surface area contributed by atoms with Crippen LogP contribution in [0.25, 0.3) is 0 Å². The van der Waals surface area contributed by atoms with E-state index >= 15 is 0 Å². The molecular weight excluding hydrogens is 324 g/mol. The van der Waals surface area contributed by atoms with Gasteiger partial charge in [-0.15, -0.1) is 0 Å². The van der Waals surface area contributed by atoms with Crippen molar-refractivity contribution in [1.29, 1.82) is 0 Å². The van der Waals surface area contributed by atoms with Gasteiger partial charge in [-0.3, -0.25) is 4.79 Å². The summed E-state index contributed by atoms with van der Waals surface area (Å²) >= 11 is 0. The summed E-state index contributed by atoms with van der Waals surface area (Å²) in [5.74, 6) is -0.380. The summed E-state index contributed by atoms with van der Waals surface area (Å²) in [6.45, 7) is 5.22. The number of rotatable bonds is 5. The summed E-state index contributed by atoms with van der Waals surface area (Å²) in [4.78, 5) is 12.4. The Hall–Kier alpha value is -2.18. The van der Waals surface area contributed by atoms with Crippen LogP contribution >= 0.6 is 0 Å². The van der Waals surface area contributed by atoms with Gasteiger partial charge in [0.15, 0.2) is 0 Å². The highest BCUT2D eigenvalue weighted by Gasteiger charge is 2.26. The Morgan fingerprint density at radius 3 is 2.12 bits per heavy atom. The number of aryl methyl sites for hydroxylation is 3. The number of likely N-dealkylation sites (N-methyl/N-ethyl adjacent to an activating group) is 1. The summed E-state index contributed by atoms with van der Waals surface area (Å²) in [6.07, 6.45) is 0. The van der Waals surface area contributed by atoms with Gasteiger partial charge in [-0.05, 0) is 44.0 Å². The molecule has 2 aromatic rings. The van der Waals surface area contributed by atoms with Crippen LogP contribution < -0.4 is 5.32 Å². The van der Waals surface area contributed by atoms with Gasteiger partial charge in [-0.1, -0.05) is 35.9 Å². The normalized spacial score (nSPS) is 11.5. The molecule has 128 valence electrons. The highest BCUT2D eigenvalue weighted by atomic mass is 32.2. The van der Waals surface area contributed by atoms with Gasteiger partial charge in [0, 0.05) is 12.7 Å². The van der Waals surface area contributed by atoms with Gasteiger partial charge >= 0.3 is 0 Å². The quantitative estimate of drug-likeness (QED) is 0.905. The van der Waals surface area contributed by atoms with Crippen LogP contribution in [0.3, 0.4) is 0 Å². The highest BCUT2D eigenvalue weighted by molar-refractivity contribution is 7.89. The minimum atomic E-state index is -3.73. The molecule has 2 rings (SSSR count). The Morgan fingerprint density at radius 1 is 1.04 bits per heavy atom. The van der Waals surface area contributed by atoms with Crippen LogP contribution in [0.2, 0.25) is 0 Å². The number of anilines is 1. The van der Waals surface area contributed by atoms with Crippen LogP contribution in [0.5, 0.6) is 0 Å². The smallest absolute Gasteiger partial charge is 0.243 e. The molecule has 0 unspecified atom stereocenters. The lowest BCUT2D eigenvalue weighted by atomic mass is 10.1. The third kappa shape index (κ3) is 4.01. The average Bonchev–Trinajstić information content (AvgIpc) is 2.46. The predicted molar refractivity (Wildman–Crippen MR) is 95.5 cm³/mol. The van der Waals surface area contributed by atoms with E-state index in [9.17, 15) is 13.2 Å². The highest BCUT2D eigenvalue weighted by Crippen LogP contribution is 2.24. The van der Waals surface area contributed by atoms with Crippen molar-refractivity contribution in [3.05, 3.63) is 59.2 Å². The number of carbonyl (C=O) groups excluding carboxylic acids is 1. The second-order valence-electron chi connectivity index (χ2n) is 5.90. The standard InChI is InChI=1S/C18H22N2O3S/c1-13-10-14(2)18(15(3)11-13)24(22,23)20(4)12-17(21)19-16-8-6-5-7-9-16/h5-11H,12H2,1-4H3,(H,19,21). The molecule has 6 heteroatoms. The van der Waals surface area contributed by atoms with Gasteiger partial charge < -0.3 is 5.32 Å². The van der Waals surface area contributed by atoms with Gasteiger partial charge in [-0.2, -0.15) is 4.31 Å². The van der Waals surface area contributed by atoms with E-state index in [1.54, 1.807) is 38.1 Å². The molecule has 24 heavy (non-hydrogen) atoms. The van der Waals surface area contributed by atoms with E-state index in [-0.39, 0.29) is 17.3 Å². The second-order valence-corrected chi connectivity index (χ2v) is 7.88. The molecule has 0 bridgehead atoms. The minimum Gasteiger partial charge on any atom is -0.325 e. The number of nitrogens with one attached hydrogen (secondary N) is 1. The van der Waals surface area contributed by atoms with Gasteiger partial charge in [0.1, 0.15) is 0 Å². The van der Waals surface area contributed by atoms with E-state index in [2.05, 4.69) is 5.32 Å². The first-order chi connectivity index (χ1) is 11.2. The zero-order valence-corrected chi connectivity index (χ0v) is 15.1. The SMILES string of the molecule is Cc1cc(C)c(S(=O)(=O)N(C)CC(=O)Nc2ccccc2)c(C)c1. The van der Waals surface area contributed by atoms with E-state index in [0.29, 0.717) is 16.8 Å². The fourth-order valence-electron chi connectivity index (χ4n) is 2.74. The van der Waals surface area contributed by atoms with Gasteiger partial charge in [0.25, 0.3) is 0 Å². The third-order valence-corrected chi connectivity index (χ3v) is 5.81. The average molecular weight is 346 g/mol. The van der Waals surface area contributed by atoms with Crippen molar-refractivity contribution in [1.82, 2.24) is 4.31 Å². The maximum absolute atomic E-state index is 12.8. The predicted octanol–water partition coefficient (Wildman–Crippen LogP) is 2.87. The molecule has 5 nitrogen and oxygen atoms in total. The molecular formula is C18H22N2O3S. The Kier molecular flexibility index (Phi) is 5.41. The van der Waals surface area contributed by atoms with Crippen molar-refractivity contribution < 1.29 is 13.2 Å². The number of hydrogen-bond donors (Lipinski definition) is 1. The molecule has 0 atom stereocenters. The third-order valence-electron chi connectivity index (χ3n) is 3.70. The van der Waals surface area contributed by atoms with Crippen LogP contribution in [-0.4, -0.2) is 32.2 Å². The second kappa shape index (κ2) is 7.15. The van der Waals surface area contributed by atoms with Crippen LogP contribution in [0, 0.1) is 20.8 Å². The van der Waals surface area contributed by atoms with Crippen molar-refractivity contribution in [3.8, 4) is 0 Å². The van der Waals surface area contributed by atoms with E-state index in [0.717, 1.165) is 9.87 Å². The molecule has 0 fully saturated rings.